The van der Waals surface area contributed by atoms with Gasteiger partial charge in [-0.1, -0.05) is 31.4 Å². The van der Waals surface area contributed by atoms with Crippen molar-refractivity contribution in [1.82, 2.24) is 14.9 Å². The normalized spacial score (nSPS) is 19.5. The van der Waals surface area contributed by atoms with Gasteiger partial charge >= 0.3 is 0 Å². The number of hydrogen-bond acceptors (Lipinski definition) is 4. The van der Waals surface area contributed by atoms with Crippen molar-refractivity contribution in [2.75, 3.05) is 14.2 Å². The lowest BCUT2D eigenvalue weighted by atomic mass is 9.81. The zero-order valence-corrected chi connectivity index (χ0v) is 21.5. The van der Waals surface area contributed by atoms with Crippen LogP contribution in [0.2, 0.25) is 0 Å². The molecule has 8 heteroatoms. The zero-order chi connectivity index (χ0) is 26.0. The molecule has 0 radical (unpaired) electrons. The van der Waals surface area contributed by atoms with Crippen LogP contribution in [0, 0.1) is 5.92 Å². The van der Waals surface area contributed by atoms with Gasteiger partial charge in [-0.05, 0) is 55.9 Å². The van der Waals surface area contributed by atoms with Gasteiger partial charge < -0.3 is 19.4 Å². The van der Waals surface area contributed by atoms with Gasteiger partial charge in [0.05, 0.1) is 30.8 Å². The van der Waals surface area contributed by atoms with Crippen molar-refractivity contribution < 1.29 is 23.0 Å². The van der Waals surface area contributed by atoms with Gasteiger partial charge in [0.1, 0.15) is 23.4 Å². The number of carbonyl (C=O) groups excluding carboxylic acids is 1. The van der Waals surface area contributed by atoms with Crippen LogP contribution in [-0.2, 0) is 4.79 Å². The molecule has 1 amide bonds. The third-order valence-corrected chi connectivity index (χ3v) is 7.95. The average molecular weight is 512 g/mol. The molecule has 1 heterocycles. The van der Waals surface area contributed by atoms with Crippen molar-refractivity contribution in [2.45, 2.75) is 75.8 Å². The number of imidazole rings is 1. The van der Waals surface area contributed by atoms with Crippen molar-refractivity contribution >= 4 is 16.9 Å². The minimum Gasteiger partial charge on any atom is -0.497 e. The summed E-state index contributed by atoms with van der Waals surface area (Å²) in [6.07, 6.45) is 5.40. The molecule has 1 N–H and O–H groups in total. The molecule has 3 aromatic rings. The Morgan fingerprint density at radius 2 is 1.76 bits per heavy atom. The van der Waals surface area contributed by atoms with Crippen LogP contribution in [0.15, 0.2) is 42.5 Å². The number of nitrogens with one attached hydrogen (secondary N) is 1. The van der Waals surface area contributed by atoms with Crippen LogP contribution in [0.5, 0.6) is 11.5 Å². The Kier molecular flexibility index (Phi) is 7.36. The van der Waals surface area contributed by atoms with Gasteiger partial charge in [0.15, 0.2) is 0 Å². The van der Waals surface area contributed by atoms with Crippen LogP contribution in [0.4, 0.5) is 8.78 Å². The molecule has 0 spiro atoms. The van der Waals surface area contributed by atoms with Gasteiger partial charge in [-0.3, -0.25) is 4.79 Å². The fourth-order valence-corrected chi connectivity index (χ4v) is 5.95. The van der Waals surface area contributed by atoms with Gasteiger partial charge in [0.2, 0.25) is 11.8 Å². The highest BCUT2D eigenvalue weighted by molar-refractivity contribution is 5.88. The van der Waals surface area contributed by atoms with Gasteiger partial charge in [0.25, 0.3) is 0 Å². The summed E-state index contributed by atoms with van der Waals surface area (Å²) < 4.78 is 41.4. The molecule has 5 rings (SSSR count). The van der Waals surface area contributed by atoms with Gasteiger partial charge in [-0.2, -0.15) is 0 Å². The molecule has 0 saturated heterocycles. The number of fused-ring (bicyclic) bond motifs is 1. The number of nitrogens with zero attached hydrogens (tertiary/aromatic N) is 2. The van der Waals surface area contributed by atoms with E-state index in [1.807, 2.05) is 41.0 Å². The second-order valence-corrected chi connectivity index (χ2v) is 10.3. The van der Waals surface area contributed by atoms with E-state index in [9.17, 15) is 13.6 Å². The van der Waals surface area contributed by atoms with E-state index in [0.717, 1.165) is 42.3 Å². The van der Waals surface area contributed by atoms with Crippen molar-refractivity contribution in [3.8, 4) is 22.9 Å². The molecular weight excluding hydrogens is 476 g/mol. The van der Waals surface area contributed by atoms with Crippen LogP contribution >= 0.6 is 0 Å². The number of amides is 1. The first-order valence-corrected chi connectivity index (χ1v) is 13.3. The minimum atomic E-state index is -2.68. The first-order chi connectivity index (χ1) is 17.9. The fraction of sp³-hybridized carbons (Fsp3) is 0.517. The van der Waals surface area contributed by atoms with E-state index >= 15 is 0 Å². The van der Waals surface area contributed by atoms with E-state index in [1.165, 1.54) is 6.42 Å². The Balaban J connectivity index is 1.64. The van der Waals surface area contributed by atoms with E-state index in [2.05, 4.69) is 5.32 Å². The Hall–Kier alpha value is -3.16. The molecule has 1 atom stereocenters. The van der Waals surface area contributed by atoms with E-state index in [0.29, 0.717) is 17.3 Å². The Labute approximate surface area is 216 Å². The topological polar surface area (TPSA) is 65.4 Å². The molecular formula is C29H35F2N3O3. The summed E-state index contributed by atoms with van der Waals surface area (Å²) in [5.41, 5.74) is 2.26. The Morgan fingerprint density at radius 1 is 1.03 bits per heavy atom. The van der Waals surface area contributed by atoms with Gasteiger partial charge in [-0.15, -0.1) is 0 Å². The van der Waals surface area contributed by atoms with Crippen LogP contribution in [0.1, 0.15) is 63.8 Å². The van der Waals surface area contributed by atoms with E-state index in [4.69, 9.17) is 14.5 Å². The van der Waals surface area contributed by atoms with Crippen molar-refractivity contribution in [1.29, 1.82) is 0 Å². The molecule has 37 heavy (non-hydrogen) atoms. The Bertz CT molecular complexity index is 1240. The molecule has 2 aliphatic carbocycles. The van der Waals surface area contributed by atoms with Crippen molar-refractivity contribution in [3.63, 3.8) is 0 Å². The quantitative estimate of drug-likeness (QED) is 0.391. The molecule has 2 fully saturated rings. The summed E-state index contributed by atoms with van der Waals surface area (Å²) in [6, 6.07) is 12.6. The Morgan fingerprint density at radius 3 is 2.46 bits per heavy atom. The number of hydrogen-bond donors (Lipinski definition) is 1. The fourth-order valence-electron chi connectivity index (χ4n) is 5.95. The lowest BCUT2D eigenvalue weighted by Crippen LogP contribution is -2.44. The van der Waals surface area contributed by atoms with Crippen LogP contribution in [-0.4, -0.2) is 41.6 Å². The second kappa shape index (κ2) is 10.7. The molecule has 6 nitrogen and oxygen atoms in total. The lowest BCUT2D eigenvalue weighted by Gasteiger charge is -2.36. The first-order valence-electron chi connectivity index (χ1n) is 13.3. The number of benzene rings is 2. The monoisotopic (exact) mass is 511 g/mol. The van der Waals surface area contributed by atoms with Crippen molar-refractivity contribution in [3.05, 3.63) is 42.5 Å². The zero-order valence-electron chi connectivity index (χ0n) is 21.5. The summed E-state index contributed by atoms with van der Waals surface area (Å²) in [4.78, 5) is 19.0. The number of aromatic nitrogens is 2. The average Bonchev–Trinajstić information content (AvgIpc) is 3.29. The van der Waals surface area contributed by atoms with Crippen LogP contribution < -0.4 is 14.8 Å². The molecule has 0 unspecified atom stereocenters. The molecule has 2 aromatic carbocycles. The summed E-state index contributed by atoms with van der Waals surface area (Å²) in [7, 11) is 3.18. The number of carbonyl (C=O) groups is 1. The van der Waals surface area contributed by atoms with Gasteiger partial charge in [-0.25, -0.2) is 13.8 Å². The molecule has 2 saturated carbocycles. The lowest BCUT2D eigenvalue weighted by molar-refractivity contribution is -0.128. The number of methoxy groups -OCH3 is 2. The maximum atomic E-state index is 14.2. The number of halogens is 2. The summed E-state index contributed by atoms with van der Waals surface area (Å²) in [6.45, 7) is 0. The second-order valence-electron chi connectivity index (χ2n) is 10.3. The third-order valence-electron chi connectivity index (χ3n) is 7.95. The highest BCUT2D eigenvalue weighted by Crippen LogP contribution is 2.44. The predicted molar refractivity (Wildman–Crippen MR) is 139 cm³/mol. The summed E-state index contributed by atoms with van der Waals surface area (Å²) in [5.74, 6) is -1.23. The van der Waals surface area contributed by atoms with Crippen LogP contribution in [0.25, 0.3) is 22.4 Å². The highest BCUT2D eigenvalue weighted by Gasteiger charge is 2.42. The number of para-hydroxylation sites is 2. The molecule has 1 aromatic heterocycles. The summed E-state index contributed by atoms with van der Waals surface area (Å²) in [5, 5.41) is 3.29. The maximum Gasteiger partial charge on any atom is 0.248 e. The maximum absolute atomic E-state index is 14.2. The third kappa shape index (κ3) is 5.29. The van der Waals surface area contributed by atoms with Crippen molar-refractivity contribution in [2.24, 2.45) is 5.92 Å². The number of ether oxygens (including phenoxy) is 2. The van der Waals surface area contributed by atoms with E-state index in [1.54, 1.807) is 20.3 Å². The van der Waals surface area contributed by atoms with Gasteiger partial charge in [0, 0.05) is 24.9 Å². The standard InChI is InChI=1S/C29H35F2N3O3/c1-36-21-12-13-22(25(18-21)37-2)27-33-23-10-6-7-11-24(23)34(27)26(19-14-16-29(30,31)17-15-19)28(35)32-20-8-4-3-5-9-20/h6-7,10-13,18-20,26H,3-5,8-9,14-17H2,1-2H3,(H,32,35)/t26-/m0/s1. The van der Waals surface area contributed by atoms with Crippen LogP contribution in [0.3, 0.4) is 0 Å². The summed E-state index contributed by atoms with van der Waals surface area (Å²) >= 11 is 0. The number of rotatable bonds is 7. The minimum absolute atomic E-state index is 0.112. The molecule has 2 aliphatic rings. The SMILES string of the molecule is COc1ccc(-c2nc3ccccc3n2[C@H](C(=O)NC2CCCCC2)C2CCC(F)(F)CC2)c(OC)c1. The highest BCUT2D eigenvalue weighted by atomic mass is 19.3. The number of alkyl halides is 2. The first kappa shape index (κ1) is 25.5. The molecule has 0 bridgehead atoms. The largest absolute Gasteiger partial charge is 0.497 e. The molecule has 0 aliphatic heterocycles. The molecule has 198 valence electrons. The van der Waals surface area contributed by atoms with E-state index < -0.39 is 12.0 Å². The predicted octanol–water partition coefficient (Wildman–Crippen LogP) is 6.54. The smallest absolute Gasteiger partial charge is 0.248 e. The van der Waals surface area contributed by atoms with E-state index in [-0.39, 0.29) is 43.6 Å².